The molecule has 1 aromatic carbocycles. The number of hydrogen-bond donors (Lipinski definition) is 3. The van der Waals surface area contributed by atoms with Gasteiger partial charge in [-0.3, -0.25) is 14.3 Å². The molecule has 15 nitrogen and oxygen atoms in total. The Kier molecular flexibility index (Phi) is 10.3. The Balaban J connectivity index is 1.09. The summed E-state index contributed by atoms with van der Waals surface area (Å²) in [4.78, 5) is 26.3. The monoisotopic (exact) mass is 676 g/mol. The summed E-state index contributed by atoms with van der Waals surface area (Å²) >= 11 is 0. The highest BCUT2D eigenvalue weighted by molar-refractivity contribution is 5.26. The largest absolute Gasteiger partial charge is 0.497 e. The number of nitrogens with zero attached hydrogens (tertiary/aromatic N) is 1. The van der Waals surface area contributed by atoms with Crippen molar-refractivity contribution in [2.24, 2.45) is 0 Å². The van der Waals surface area contributed by atoms with E-state index in [1.54, 1.807) is 47.0 Å². The van der Waals surface area contributed by atoms with Crippen molar-refractivity contribution in [3.63, 3.8) is 0 Å². The van der Waals surface area contributed by atoms with Crippen LogP contribution in [0.5, 0.6) is 5.75 Å². The van der Waals surface area contributed by atoms with E-state index in [0.717, 1.165) is 11.3 Å². The predicted octanol–water partition coefficient (Wildman–Crippen LogP) is 1.11. The smallest absolute Gasteiger partial charge is 0.330 e. The first-order valence-electron chi connectivity index (χ1n) is 16.0. The fraction of sp³-hybridized carbons (Fsp3) is 0.636. The van der Waals surface area contributed by atoms with Crippen LogP contribution in [0, 0.1) is 0 Å². The van der Waals surface area contributed by atoms with Crippen molar-refractivity contribution >= 4 is 0 Å². The summed E-state index contributed by atoms with van der Waals surface area (Å²) in [6.45, 7) is 7.12. The number of aromatic nitrogens is 2. The van der Waals surface area contributed by atoms with Crippen molar-refractivity contribution < 1.29 is 52.8 Å². The zero-order valence-electron chi connectivity index (χ0n) is 27.6. The van der Waals surface area contributed by atoms with Crippen molar-refractivity contribution in [3.05, 3.63) is 75.1 Å². The molecule has 0 aliphatic carbocycles. The third-order valence-electron chi connectivity index (χ3n) is 8.68. The predicted molar refractivity (Wildman–Crippen MR) is 166 cm³/mol. The highest BCUT2D eigenvalue weighted by Crippen LogP contribution is 2.44. The second-order valence-corrected chi connectivity index (χ2v) is 13.1. The first-order valence-corrected chi connectivity index (χ1v) is 16.0. The van der Waals surface area contributed by atoms with Gasteiger partial charge in [0.1, 0.15) is 48.5 Å². The van der Waals surface area contributed by atoms with Crippen LogP contribution in [0.25, 0.3) is 0 Å². The van der Waals surface area contributed by atoms with Gasteiger partial charge in [0, 0.05) is 12.3 Å². The lowest BCUT2D eigenvalue weighted by molar-refractivity contribution is -0.291. The molecule has 48 heavy (non-hydrogen) atoms. The molecule has 4 saturated heterocycles. The number of rotatable bonds is 12. The summed E-state index contributed by atoms with van der Waals surface area (Å²) in [6.07, 6.45) is -2.53. The Morgan fingerprint density at radius 2 is 1.60 bits per heavy atom. The topological polar surface area (TPSA) is 178 Å². The van der Waals surface area contributed by atoms with E-state index >= 15 is 0 Å². The number of hydrogen-bond acceptors (Lipinski definition) is 13. The number of ether oxygens (including phenoxy) is 9. The molecule has 0 unspecified atom stereocenters. The summed E-state index contributed by atoms with van der Waals surface area (Å²) in [5.41, 5.74) is -0.283. The molecule has 0 spiro atoms. The van der Waals surface area contributed by atoms with Crippen molar-refractivity contribution in [2.45, 2.75) is 114 Å². The van der Waals surface area contributed by atoms with Gasteiger partial charge in [0.15, 0.2) is 24.1 Å². The lowest BCUT2D eigenvalue weighted by Gasteiger charge is -2.41. The van der Waals surface area contributed by atoms with Crippen LogP contribution in [0.1, 0.15) is 45.9 Å². The van der Waals surface area contributed by atoms with Crippen LogP contribution in [0.4, 0.5) is 0 Å². The first kappa shape index (κ1) is 34.9. The number of benzene rings is 1. The summed E-state index contributed by atoms with van der Waals surface area (Å²) in [5.74, 6) is -1.14. The Morgan fingerprint density at radius 3 is 2.29 bits per heavy atom. The van der Waals surface area contributed by atoms with Gasteiger partial charge < -0.3 is 52.8 Å². The van der Waals surface area contributed by atoms with Gasteiger partial charge in [-0.05, 0) is 51.8 Å². The van der Waals surface area contributed by atoms with Crippen LogP contribution in [-0.2, 0) is 44.5 Å². The molecule has 0 radical (unpaired) electrons. The second-order valence-electron chi connectivity index (χ2n) is 13.1. The minimum atomic E-state index is -1.02. The lowest BCUT2D eigenvalue weighted by Crippen LogP contribution is -2.58. The number of aliphatic hydroxyl groups excluding tert-OH is 2. The van der Waals surface area contributed by atoms with Gasteiger partial charge in [0.2, 0.25) is 0 Å². The third-order valence-corrected chi connectivity index (χ3v) is 8.68. The van der Waals surface area contributed by atoms with Crippen molar-refractivity contribution in [3.8, 4) is 5.75 Å². The van der Waals surface area contributed by atoms with E-state index in [4.69, 9.17) is 42.6 Å². The summed E-state index contributed by atoms with van der Waals surface area (Å²) in [6, 6.07) is 8.71. The summed E-state index contributed by atoms with van der Waals surface area (Å²) in [5, 5.41) is 21.2. The van der Waals surface area contributed by atoms with Gasteiger partial charge in [-0.2, -0.15) is 0 Å². The van der Waals surface area contributed by atoms with Gasteiger partial charge >= 0.3 is 5.69 Å². The van der Waals surface area contributed by atoms with Gasteiger partial charge in [0.25, 0.3) is 5.56 Å². The molecular weight excluding hydrogens is 632 g/mol. The Labute approximate surface area is 277 Å². The summed E-state index contributed by atoms with van der Waals surface area (Å²) in [7, 11) is 1.60. The van der Waals surface area contributed by atoms with Gasteiger partial charge in [-0.15, -0.1) is 0 Å². The molecule has 2 aromatic rings. The standard InChI is InChI=1S/C33H44N2O13/c1-32(2)45-24-21(16-36)43-30(28(26(24)47-32)42-17-18-9-11-19(40-5)12-10-18)41-15-7-6-8-20(37)23-25-27(48-33(3,4)46-25)29(44-23)35-14-13-22(38)34-31(35)39/h6-7,9-14,20-21,23-30,36-37H,8,15-17H2,1-5H3,(H,34,38,39)/b7-6+/t20-,21+,23+,24-,25+,26-,27+,28+,29+,30-/m0/s1. The molecule has 0 amide bonds. The van der Waals surface area contributed by atoms with Crippen molar-refractivity contribution in [1.29, 1.82) is 0 Å². The van der Waals surface area contributed by atoms with Crippen molar-refractivity contribution in [1.82, 2.24) is 9.55 Å². The number of H-pyrrole nitrogens is 1. The Hall–Kier alpha value is -2.96. The van der Waals surface area contributed by atoms with Crippen molar-refractivity contribution in [2.75, 3.05) is 20.3 Å². The summed E-state index contributed by atoms with van der Waals surface area (Å²) < 4.78 is 55.4. The fourth-order valence-corrected chi connectivity index (χ4v) is 6.57. The minimum Gasteiger partial charge on any atom is -0.497 e. The molecular formula is C33H44N2O13. The average Bonchev–Trinajstić information content (AvgIpc) is 3.66. The molecule has 0 saturated carbocycles. The quantitative estimate of drug-likeness (QED) is 0.273. The SMILES string of the molecule is COc1ccc(CO[C@H]2[C@@H](OC/C=C/C[C@H](O)[C@H]3O[C@@H](n4ccc(=O)[nH]c4=O)[C@@H]4OC(C)(C)O[C@@H]43)O[C@H](CO)[C@@H]3OC(C)(C)O[C@@H]32)cc1. The van der Waals surface area contributed by atoms with E-state index in [1.807, 2.05) is 24.3 Å². The van der Waals surface area contributed by atoms with E-state index in [0.29, 0.717) is 0 Å². The second kappa shape index (κ2) is 14.1. The molecule has 0 bridgehead atoms. The third kappa shape index (κ3) is 7.45. The number of fused-ring (bicyclic) bond motifs is 2. The van der Waals surface area contributed by atoms with E-state index in [-0.39, 0.29) is 26.2 Å². The molecule has 6 rings (SSSR count). The highest BCUT2D eigenvalue weighted by atomic mass is 16.8. The Morgan fingerprint density at radius 1 is 0.917 bits per heavy atom. The van der Waals surface area contributed by atoms with Crippen LogP contribution in [0.2, 0.25) is 0 Å². The maximum atomic E-state index is 12.5. The van der Waals surface area contributed by atoms with Gasteiger partial charge in [-0.25, -0.2) is 4.79 Å². The molecule has 3 N–H and O–H groups in total. The number of nitrogens with one attached hydrogen (secondary N) is 1. The minimum absolute atomic E-state index is 0.0964. The molecule has 10 atom stereocenters. The van der Waals surface area contributed by atoms with Crippen LogP contribution >= 0.6 is 0 Å². The molecule has 1 aromatic heterocycles. The highest BCUT2D eigenvalue weighted by Gasteiger charge is 2.58. The molecule has 4 aliphatic rings. The van der Waals surface area contributed by atoms with E-state index in [9.17, 15) is 19.8 Å². The average molecular weight is 677 g/mol. The van der Waals surface area contributed by atoms with Gasteiger partial charge in [-0.1, -0.05) is 24.3 Å². The normalized spacial score (nSPS) is 34.3. The van der Waals surface area contributed by atoms with Crippen LogP contribution < -0.4 is 16.0 Å². The Bertz CT molecular complexity index is 1540. The molecule has 5 heterocycles. The number of methoxy groups -OCH3 is 1. The number of aliphatic hydroxyl groups is 2. The van der Waals surface area contributed by atoms with E-state index < -0.39 is 84.2 Å². The number of aromatic amines is 1. The maximum Gasteiger partial charge on any atom is 0.330 e. The van der Waals surface area contributed by atoms with Crippen LogP contribution in [-0.4, -0.2) is 107 Å². The maximum absolute atomic E-state index is 12.5. The van der Waals surface area contributed by atoms with Gasteiger partial charge in [0.05, 0.1) is 33.0 Å². The zero-order chi connectivity index (χ0) is 34.2. The first-order chi connectivity index (χ1) is 22.9. The molecule has 264 valence electrons. The molecule has 15 heteroatoms. The fourth-order valence-electron chi connectivity index (χ4n) is 6.57. The van der Waals surface area contributed by atoms with Crippen LogP contribution in [0.15, 0.2) is 58.3 Å². The van der Waals surface area contributed by atoms with Crippen LogP contribution in [0.3, 0.4) is 0 Å². The lowest BCUT2D eigenvalue weighted by atomic mass is 9.99. The van der Waals surface area contributed by atoms with E-state index in [1.165, 1.54) is 16.8 Å². The molecule has 4 fully saturated rings. The molecule has 4 aliphatic heterocycles. The zero-order valence-corrected chi connectivity index (χ0v) is 27.6. The van der Waals surface area contributed by atoms with E-state index in [2.05, 4.69) is 4.98 Å².